The molecular weight excluding hydrogens is 430 g/mol. The largest absolute Gasteiger partial charge is 0.378 e. The number of hydrogen-bond donors (Lipinski definition) is 2. The molecule has 2 N–H and O–H groups in total. The molecule has 0 aliphatic rings. The van der Waals surface area contributed by atoms with Gasteiger partial charge >= 0.3 is 0 Å². The fourth-order valence-electron chi connectivity index (χ4n) is 2.40. The van der Waals surface area contributed by atoms with Crippen LogP contribution in [0.5, 0.6) is 0 Å². The van der Waals surface area contributed by atoms with E-state index in [4.69, 9.17) is 4.74 Å². The van der Waals surface area contributed by atoms with Crippen molar-refractivity contribution in [3.05, 3.63) is 35.5 Å². The second kappa shape index (κ2) is 15.6. The average Bonchev–Trinajstić information content (AvgIpc) is 2.71. The number of carbonyl (C=O) groups excluding carboxylic acids is 1. The summed E-state index contributed by atoms with van der Waals surface area (Å²) in [5, 5.41) is 13.0. The van der Waals surface area contributed by atoms with E-state index in [1.54, 1.807) is 13.0 Å². The van der Waals surface area contributed by atoms with Gasteiger partial charge in [0, 0.05) is 12.6 Å². The highest BCUT2D eigenvalue weighted by molar-refractivity contribution is 5.74. The smallest absolute Gasteiger partial charge is 0.272 e. The predicted molar refractivity (Wildman–Crippen MR) is 106 cm³/mol. The number of unbranched alkanes of at least 4 members (excludes halogenated alkanes) is 1. The number of rotatable bonds is 16. The van der Waals surface area contributed by atoms with Crippen molar-refractivity contribution in [3.8, 4) is 0 Å². The van der Waals surface area contributed by atoms with E-state index in [0.717, 1.165) is 12.5 Å². The van der Waals surface area contributed by atoms with Gasteiger partial charge in [0.05, 0.1) is 6.10 Å². The van der Waals surface area contributed by atoms with Crippen molar-refractivity contribution in [1.29, 1.82) is 0 Å². The molecule has 178 valence electrons. The summed E-state index contributed by atoms with van der Waals surface area (Å²) >= 11 is 0. The summed E-state index contributed by atoms with van der Waals surface area (Å²) in [5.74, 6) is 0. The van der Waals surface area contributed by atoms with E-state index in [2.05, 4.69) is 5.10 Å². The first kappa shape index (κ1) is 28.9. The monoisotopic (exact) mass is 458 g/mol. The summed E-state index contributed by atoms with van der Waals surface area (Å²) in [4.78, 5) is 10.3. The number of aliphatic hydroxyl groups is 1. The first-order valence-electron chi connectivity index (χ1n) is 9.55. The lowest BCUT2D eigenvalue weighted by Crippen LogP contribution is -2.44. The Morgan fingerprint density at radius 3 is 2.32 bits per heavy atom. The molecule has 0 heterocycles. The van der Waals surface area contributed by atoms with E-state index >= 15 is 0 Å². The first-order chi connectivity index (χ1) is 14.6. The van der Waals surface area contributed by atoms with Crippen LogP contribution in [0.2, 0.25) is 0 Å². The van der Waals surface area contributed by atoms with Gasteiger partial charge in [-0.2, -0.15) is 5.10 Å². The Labute approximate surface area is 177 Å². The standard InChI is InChI=1S/C20H28F6N2O3/c1-3-4-8-16(14(2)31-12-17(21)22)15(9-11-27-28-13-29)7-5-6-10-20(30,18(23)24)19(25)26/h5-6,8-9,11,13-14,17-19,30H,3-4,7,10,12H2,1-2H3,(H,28,29)/b6-5-,15-9-,16-8+,27-11-. The summed E-state index contributed by atoms with van der Waals surface area (Å²) in [5.41, 5.74) is -0.435. The molecule has 0 aromatic carbocycles. The van der Waals surface area contributed by atoms with Gasteiger partial charge in [-0.05, 0) is 37.0 Å². The second-order valence-corrected chi connectivity index (χ2v) is 6.50. The van der Waals surface area contributed by atoms with Gasteiger partial charge in [0.25, 0.3) is 19.3 Å². The Morgan fingerprint density at radius 2 is 1.81 bits per heavy atom. The molecule has 1 amide bonds. The number of nitrogens with one attached hydrogen (secondary N) is 1. The summed E-state index contributed by atoms with van der Waals surface area (Å²) in [6.45, 7) is 2.64. The lowest BCUT2D eigenvalue weighted by Gasteiger charge is -2.24. The molecule has 0 rings (SSSR count). The van der Waals surface area contributed by atoms with Crippen molar-refractivity contribution in [3.63, 3.8) is 0 Å². The zero-order chi connectivity index (χ0) is 23.9. The number of carbonyl (C=O) groups is 1. The fourth-order valence-corrected chi connectivity index (χ4v) is 2.40. The predicted octanol–water partition coefficient (Wildman–Crippen LogP) is 4.64. The highest BCUT2D eigenvalue weighted by atomic mass is 19.3. The molecule has 0 radical (unpaired) electrons. The molecule has 0 aromatic rings. The normalized spacial score (nSPS) is 15.1. The lowest BCUT2D eigenvalue weighted by atomic mass is 9.95. The van der Waals surface area contributed by atoms with E-state index in [1.165, 1.54) is 18.4 Å². The van der Waals surface area contributed by atoms with Gasteiger partial charge in [-0.25, -0.2) is 31.8 Å². The van der Waals surface area contributed by atoms with Crippen LogP contribution >= 0.6 is 0 Å². The number of allylic oxidation sites excluding steroid dienone is 3. The molecule has 0 aliphatic carbocycles. The van der Waals surface area contributed by atoms with Gasteiger partial charge in [-0.1, -0.05) is 31.6 Å². The molecule has 0 saturated carbocycles. The number of nitrogens with zero attached hydrogens (tertiary/aromatic N) is 1. The zero-order valence-corrected chi connectivity index (χ0v) is 17.3. The molecule has 1 atom stereocenters. The molecule has 0 spiro atoms. The summed E-state index contributed by atoms with van der Waals surface area (Å²) < 4.78 is 81.2. The first-order valence-corrected chi connectivity index (χ1v) is 9.55. The Kier molecular flexibility index (Phi) is 14.6. The maximum atomic E-state index is 12.8. The number of alkyl halides is 6. The third-order valence-corrected chi connectivity index (χ3v) is 4.12. The van der Waals surface area contributed by atoms with E-state index in [-0.39, 0.29) is 6.42 Å². The van der Waals surface area contributed by atoms with Crippen LogP contribution in [0.15, 0.2) is 40.6 Å². The van der Waals surface area contributed by atoms with Gasteiger partial charge in [-0.15, -0.1) is 0 Å². The third-order valence-electron chi connectivity index (χ3n) is 4.12. The van der Waals surface area contributed by atoms with Crippen molar-refractivity contribution < 1.29 is 41.0 Å². The molecule has 0 aromatic heterocycles. The number of hydrazone groups is 1. The Bertz CT molecular complexity index is 628. The highest BCUT2D eigenvalue weighted by Crippen LogP contribution is 2.28. The third kappa shape index (κ3) is 11.2. The molecule has 0 fully saturated rings. The molecule has 31 heavy (non-hydrogen) atoms. The van der Waals surface area contributed by atoms with Crippen molar-refractivity contribution in [2.75, 3.05) is 6.61 Å². The molecule has 11 heteroatoms. The SMILES string of the molecule is CCC/C=C(/C(=C\C=N/NC=O)C/C=C\CC(O)(C(F)F)C(F)F)C(C)OCC(F)F. The van der Waals surface area contributed by atoms with Crippen molar-refractivity contribution in [2.45, 2.75) is 70.5 Å². The molecule has 1 unspecified atom stereocenters. The number of ether oxygens (including phenoxy) is 1. The minimum absolute atomic E-state index is 0.0214. The summed E-state index contributed by atoms with van der Waals surface area (Å²) in [7, 11) is 0. The van der Waals surface area contributed by atoms with Crippen LogP contribution in [0.3, 0.4) is 0 Å². The van der Waals surface area contributed by atoms with Crippen molar-refractivity contribution >= 4 is 12.6 Å². The molecular formula is C20H28F6N2O3. The van der Waals surface area contributed by atoms with Crippen LogP contribution in [0.25, 0.3) is 0 Å². The van der Waals surface area contributed by atoms with E-state index in [0.29, 0.717) is 24.0 Å². The maximum Gasteiger partial charge on any atom is 0.272 e. The maximum absolute atomic E-state index is 12.8. The number of hydrogen-bond acceptors (Lipinski definition) is 4. The van der Waals surface area contributed by atoms with Crippen molar-refractivity contribution in [1.82, 2.24) is 5.43 Å². The van der Waals surface area contributed by atoms with E-state index in [9.17, 15) is 36.2 Å². The van der Waals surface area contributed by atoms with Crippen LogP contribution in [0, 0.1) is 0 Å². The topological polar surface area (TPSA) is 70.9 Å². The Hall–Kier alpha value is -2.14. The second-order valence-electron chi connectivity index (χ2n) is 6.50. The van der Waals surface area contributed by atoms with E-state index in [1.807, 2.05) is 12.3 Å². The average molecular weight is 458 g/mol. The van der Waals surface area contributed by atoms with Crippen LogP contribution < -0.4 is 5.43 Å². The van der Waals surface area contributed by atoms with Crippen molar-refractivity contribution in [2.24, 2.45) is 5.10 Å². The lowest BCUT2D eigenvalue weighted by molar-refractivity contribution is -0.173. The quantitative estimate of drug-likeness (QED) is 0.0884. The fraction of sp³-hybridized carbons (Fsp3) is 0.600. The van der Waals surface area contributed by atoms with Gasteiger partial charge in [0.2, 0.25) is 6.41 Å². The molecule has 0 saturated heterocycles. The Balaban J connectivity index is 5.66. The van der Waals surface area contributed by atoms with E-state index < -0.39 is 44.0 Å². The van der Waals surface area contributed by atoms with Gasteiger partial charge in [0.15, 0.2) is 5.60 Å². The summed E-state index contributed by atoms with van der Waals surface area (Å²) in [6.07, 6.45) is -3.34. The minimum Gasteiger partial charge on any atom is -0.378 e. The van der Waals surface area contributed by atoms with Crippen LogP contribution in [-0.4, -0.2) is 55.3 Å². The summed E-state index contributed by atoms with van der Waals surface area (Å²) in [6, 6.07) is 0. The van der Waals surface area contributed by atoms with Gasteiger partial charge in [0.1, 0.15) is 6.61 Å². The van der Waals surface area contributed by atoms with Crippen LogP contribution in [0.4, 0.5) is 26.3 Å². The van der Waals surface area contributed by atoms with Crippen LogP contribution in [-0.2, 0) is 9.53 Å². The molecule has 5 nitrogen and oxygen atoms in total. The van der Waals surface area contributed by atoms with Gasteiger partial charge in [-0.3, -0.25) is 4.79 Å². The number of halogens is 6. The zero-order valence-electron chi connectivity index (χ0n) is 17.3. The minimum atomic E-state index is -3.64. The van der Waals surface area contributed by atoms with Crippen LogP contribution in [0.1, 0.15) is 39.5 Å². The number of amides is 1. The molecule has 0 aliphatic heterocycles. The van der Waals surface area contributed by atoms with Gasteiger partial charge < -0.3 is 9.84 Å². The molecule has 0 bridgehead atoms. The highest BCUT2D eigenvalue weighted by Gasteiger charge is 2.45. The Morgan fingerprint density at radius 1 is 1.16 bits per heavy atom.